The van der Waals surface area contributed by atoms with Crippen molar-refractivity contribution in [1.29, 1.82) is 0 Å². The summed E-state index contributed by atoms with van der Waals surface area (Å²) in [5, 5.41) is 0. The van der Waals surface area contributed by atoms with Gasteiger partial charge in [-0.15, -0.1) is 0 Å². The first kappa shape index (κ1) is 109. The van der Waals surface area contributed by atoms with Gasteiger partial charge in [-0.3, -0.25) is 0 Å². The van der Waals surface area contributed by atoms with Crippen LogP contribution < -0.4 is 0 Å². The van der Waals surface area contributed by atoms with Crippen LogP contribution in [0.5, 0.6) is 0 Å². The molecule has 0 aliphatic rings. The monoisotopic (exact) mass is 1640 g/mol. The van der Waals surface area contributed by atoms with Crippen LogP contribution in [-0.4, -0.2) is 114 Å². The Morgan fingerprint density at radius 2 is 0.407 bits per heavy atom. The molecule has 0 fully saturated rings. The van der Waals surface area contributed by atoms with Crippen LogP contribution in [-0.2, 0) is 39.2 Å². The number of hydrogen-bond acceptors (Lipinski definition) is 14. The molecule has 0 unspecified atom stereocenters. The number of rotatable bonds is 78. The molecule has 0 amide bonds. The van der Waals surface area contributed by atoms with Crippen molar-refractivity contribution in [2.24, 2.45) is 0 Å². The summed E-state index contributed by atoms with van der Waals surface area (Å²) >= 11 is 0. The average Bonchev–Trinajstić information content (AvgIpc) is 0.797. The Hall–Kier alpha value is -3.64. The molecule has 14 nitrogen and oxygen atoms in total. The standard InChI is InChI=1S/2C48H82O7S.Ca/c2*1-3-5-7-9-11-13-15-17-19-21-23-25-27-29-31-33-35-37-42-54-47(49)44-40-39-41-45(56(51,52)53)46(44)48(50)55-43-38-36-34-32-30-28-26-24-22-20-18-16-14-12-10-8-6-4-2;/h2*15-18,39-41H,3-14,19-38,42-43H2,1-2H3,(H,51,52,53);/q;;+2/p-2/b2*17-15+,18-16+;. The van der Waals surface area contributed by atoms with Gasteiger partial charge in [-0.25, -0.2) is 36.0 Å². The minimum atomic E-state index is -5.02. The summed E-state index contributed by atoms with van der Waals surface area (Å²) < 4.78 is 93.6. The first-order chi connectivity index (χ1) is 54.6. The molecule has 2 aromatic carbocycles. The van der Waals surface area contributed by atoms with Gasteiger partial charge in [0.25, 0.3) is 0 Å². The molecule has 17 heteroatoms. The van der Waals surface area contributed by atoms with E-state index in [0.717, 1.165) is 89.2 Å². The second-order valence-corrected chi connectivity index (χ2v) is 34.1. The predicted molar refractivity (Wildman–Crippen MR) is 470 cm³/mol. The predicted octanol–water partition coefficient (Wildman–Crippen LogP) is 28.7. The van der Waals surface area contributed by atoms with Gasteiger partial charge >= 0.3 is 61.6 Å². The summed E-state index contributed by atoms with van der Waals surface area (Å²) in [7, 11) is -10.0. The molecule has 0 saturated heterocycles. The van der Waals surface area contributed by atoms with Crippen molar-refractivity contribution in [2.45, 2.75) is 448 Å². The van der Waals surface area contributed by atoms with Crippen LogP contribution in [0.4, 0.5) is 0 Å². The Bertz CT molecular complexity index is 2740. The molecule has 0 aromatic heterocycles. The normalized spacial score (nSPS) is 11.8. The summed E-state index contributed by atoms with van der Waals surface area (Å²) in [5.74, 6) is -3.63. The van der Waals surface area contributed by atoms with Crippen LogP contribution in [0.25, 0.3) is 0 Å². The number of benzene rings is 2. The van der Waals surface area contributed by atoms with Crippen molar-refractivity contribution in [3.05, 3.63) is 107 Å². The second-order valence-electron chi connectivity index (χ2n) is 31.4. The Balaban J connectivity index is 0.00000220. The van der Waals surface area contributed by atoms with Crippen molar-refractivity contribution in [3.8, 4) is 0 Å². The van der Waals surface area contributed by atoms with E-state index in [-0.39, 0.29) is 75.3 Å². The second kappa shape index (κ2) is 80.8. The van der Waals surface area contributed by atoms with E-state index in [9.17, 15) is 45.1 Å². The minimum absolute atomic E-state index is 0. The smallest absolute Gasteiger partial charge is 0.744 e. The Labute approximate surface area is 722 Å². The van der Waals surface area contributed by atoms with Crippen LogP contribution in [0, 0.1) is 0 Å². The summed E-state index contributed by atoms with van der Waals surface area (Å²) in [4.78, 5) is 50.4. The zero-order valence-corrected chi connectivity index (χ0v) is 76.2. The average molecular weight is 1640 g/mol. The first-order valence-electron chi connectivity index (χ1n) is 46.1. The topological polar surface area (TPSA) is 220 Å². The van der Waals surface area contributed by atoms with E-state index in [1.807, 2.05) is 0 Å². The number of unbranched alkanes of at least 4 members (excludes halogenated alkanes) is 56. The van der Waals surface area contributed by atoms with E-state index >= 15 is 0 Å². The van der Waals surface area contributed by atoms with Crippen LogP contribution in [0.3, 0.4) is 0 Å². The van der Waals surface area contributed by atoms with E-state index in [1.165, 1.54) is 332 Å². The van der Waals surface area contributed by atoms with Crippen LogP contribution >= 0.6 is 0 Å². The maximum Gasteiger partial charge on any atom is 2.00 e. The molecule has 0 aliphatic heterocycles. The van der Waals surface area contributed by atoms with Gasteiger partial charge in [0.1, 0.15) is 20.2 Å². The maximum atomic E-state index is 13.0. The molecule has 0 N–H and O–H groups in total. The zero-order valence-electron chi connectivity index (χ0n) is 72.4. The molecular formula is C96H162CaO14S2. The van der Waals surface area contributed by atoms with Gasteiger partial charge in [0.2, 0.25) is 0 Å². The third-order valence-corrected chi connectivity index (χ3v) is 22.8. The summed E-state index contributed by atoms with van der Waals surface area (Å²) in [5.41, 5.74) is -1.56. The van der Waals surface area contributed by atoms with Crippen molar-refractivity contribution in [1.82, 2.24) is 0 Å². The third kappa shape index (κ3) is 65.9. The van der Waals surface area contributed by atoms with Crippen LogP contribution in [0.2, 0.25) is 0 Å². The molecule has 113 heavy (non-hydrogen) atoms. The van der Waals surface area contributed by atoms with Crippen LogP contribution in [0.1, 0.15) is 480 Å². The van der Waals surface area contributed by atoms with Gasteiger partial charge in [-0.05, 0) is 153 Å². The van der Waals surface area contributed by atoms with Crippen molar-refractivity contribution < 1.29 is 64.1 Å². The van der Waals surface area contributed by atoms with Gasteiger partial charge in [0.15, 0.2) is 0 Å². The summed E-state index contributed by atoms with van der Waals surface area (Å²) in [6.07, 6.45) is 94.9. The molecule has 0 bridgehead atoms. The van der Waals surface area contributed by atoms with Gasteiger partial charge in [0.05, 0.1) is 58.5 Å². The molecule has 0 radical (unpaired) electrons. The fourth-order valence-corrected chi connectivity index (χ4v) is 15.4. The van der Waals surface area contributed by atoms with Crippen molar-refractivity contribution >= 4 is 81.9 Å². The maximum absolute atomic E-state index is 13.0. The molecule has 0 spiro atoms. The van der Waals surface area contributed by atoms with Crippen LogP contribution in [0.15, 0.2) is 94.8 Å². The molecule has 0 atom stereocenters. The van der Waals surface area contributed by atoms with E-state index in [0.29, 0.717) is 25.7 Å². The van der Waals surface area contributed by atoms with E-state index in [1.54, 1.807) is 0 Å². The summed E-state index contributed by atoms with van der Waals surface area (Å²) in [6, 6.07) is 7.26. The van der Waals surface area contributed by atoms with Gasteiger partial charge < -0.3 is 28.1 Å². The fourth-order valence-electron chi connectivity index (χ4n) is 14.0. The van der Waals surface area contributed by atoms with E-state index in [2.05, 4.69) is 76.3 Å². The zero-order chi connectivity index (χ0) is 81.6. The van der Waals surface area contributed by atoms with Crippen molar-refractivity contribution in [3.63, 3.8) is 0 Å². The fraction of sp³-hybridized carbons (Fsp3) is 0.750. The Kier molecular flexibility index (Phi) is 78.2. The molecular weight excluding hydrogens is 1480 g/mol. The Morgan fingerprint density at radius 3 is 0.584 bits per heavy atom. The molecule has 0 aliphatic carbocycles. The SMILES string of the molecule is CCCCCCC/C=C/CCCCCCCCCCCOC(=O)c1cccc(S(=O)(=O)[O-])c1C(=O)OCCCCCCCCCCC/C=C/CCCCCCC.CCCCCCC/C=C/CCCCCCCCCCCOC(=O)c1cccc(S(=O)(=O)[O-])c1C(=O)OCCCCCCCCCCC/C=C/CCCCCCC.[Ca+2]. The molecule has 644 valence electrons. The van der Waals surface area contributed by atoms with Gasteiger partial charge in [-0.2, -0.15) is 0 Å². The minimum Gasteiger partial charge on any atom is -0.744 e. The molecule has 0 heterocycles. The Morgan fingerprint density at radius 1 is 0.248 bits per heavy atom. The number of carbonyl (C=O) groups is 4. The number of ether oxygens (including phenoxy) is 4. The van der Waals surface area contributed by atoms with Crippen molar-refractivity contribution in [2.75, 3.05) is 26.4 Å². The van der Waals surface area contributed by atoms with E-state index < -0.39 is 65.0 Å². The first-order valence-corrected chi connectivity index (χ1v) is 48.9. The summed E-state index contributed by atoms with van der Waals surface area (Å²) in [6.45, 7) is 9.50. The molecule has 2 rings (SSSR count). The number of hydrogen-bond donors (Lipinski definition) is 0. The van der Waals surface area contributed by atoms with Gasteiger partial charge in [0, 0.05) is 0 Å². The third-order valence-electron chi connectivity index (χ3n) is 21.0. The largest absolute Gasteiger partial charge is 2.00 e. The molecule has 2 aromatic rings. The number of carbonyl (C=O) groups excluding carboxylic acids is 4. The molecule has 0 saturated carbocycles. The van der Waals surface area contributed by atoms with Gasteiger partial charge in [-0.1, -0.05) is 371 Å². The quantitative estimate of drug-likeness (QED) is 0.0150. The number of esters is 4. The van der Waals surface area contributed by atoms with E-state index in [4.69, 9.17) is 18.9 Å². The number of allylic oxidation sites excluding steroid dienone is 8.